The van der Waals surface area contributed by atoms with Crippen LogP contribution in [0.1, 0.15) is 0 Å². The summed E-state index contributed by atoms with van der Waals surface area (Å²) in [4.78, 5) is 63.0. The Morgan fingerprint density at radius 1 is 0.769 bits per heavy atom. The maximum atomic E-state index is 11.6. The lowest BCUT2D eigenvalue weighted by Gasteiger charge is -2.02. The number of nitro groups is 4. The van der Waals surface area contributed by atoms with Crippen LogP contribution in [-0.2, 0) is 0 Å². The number of nitrogens with one attached hydrogen (secondary N) is 1. The molecule has 0 atom stereocenters. The van der Waals surface area contributed by atoms with E-state index in [0.717, 1.165) is 0 Å². The number of aromatic amines is 1. The van der Waals surface area contributed by atoms with E-state index in [1.54, 1.807) is 0 Å². The van der Waals surface area contributed by atoms with E-state index in [1.165, 1.54) is 4.98 Å². The standard InChI is InChI=1S/C10H3N5O11/c16-2-1-3(17)10(18)11-5-4(2)6(12(19)20)8(14(23)24)9(15(25)26)7(5)13(21)22/h1,16H,(H,11,17,18). The van der Waals surface area contributed by atoms with Crippen molar-refractivity contribution >= 4 is 33.7 Å². The highest BCUT2D eigenvalue weighted by molar-refractivity contribution is 6.06. The number of benzene rings is 1. The molecule has 0 radical (unpaired) electrons. The van der Waals surface area contributed by atoms with Crippen molar-refractivity contribution in [2.45, 2.75) is 0 Å². The number of fused-ring (bicyclic) bond motifs is 1. The van der Waals surface area contributed by atoms with Crippen LogP contribution in [0.2, 0.25) is 0 Å². The zero-order chi connectivity index (χ0) is 19.9. The zero-order valence-corrected chi connectivity index (χ0v) is 11.9. The van der Waals surface area contributed by atoms with Crippen molar-refractivity contribution in [1.29, 1.82) is 0 Å². The quantitative estimate of drug-likeness (QED) is 0.419. The van der Waals surface area contributed by atoms with Crippen molar-refractivity contribution in [3.05, 3.63) is 67.1 Å². The Kier molecular flexibility index (Phi) is 4.02. The van der Waals surface area contributed by atoms with Gasteiger partial charge >= 0.3 is 22.7 Å². The Morgan fingerprint density at radius 3 is 1.62 bits per heavy atom. The van der Waals surface area contributed by atoms with E-state index >= 15 is 0 Å². The van der Waals surface area contributed by atoms with E-state index in [0.29, 0.717) is 0 Å². The number of aromatic nitrogens is 1. The molecule has 2 N–H and O–H groups in total. The van der Waals surface area contributed by atoms with Gasteiger partial charge in [-0.3, -0.25) is 50.0 Å². The third-order valence-electron chi connectivity index (χ3n) is 3.11. The van der Waals surface area contributed by atoms with Crippen molar-refractivity contribution < 1.29 is 24.8 Å². The minimum atomic E-state index is -1.90. The Morgan fingerprint density at radius 2 is 1.19 bits per heavy atom. The molecule has 1 aromatic carbocycles. The molecule has 0 bridgehead atoms. The second-order valence-corrected chi connectivity index (χ2v) is 4.52. The van der Waals surface area contributed by atoms with Gasteiger partial charge in [-0.15, -0.1) is 0 Å². The van der Waals surface area contributed by atoms with E-state index in [1.807, 2.05) is 0 Å². The Labute approximate surface area is 137 Å². The summed E-state index contributed by atoms with van der Waals surface area (Å²) < 4.78 is 0. The molecule has 0 saturated heterocycles. The van der Waals surface area contributed by atoms with Crippen molar-refractivity contribution in [1.82, 2.24) is 4.98 Å². The summed E-state index contributed by atoms with van der Waals surface area (Å²) in [5.41, 5.74) is -11.6. The highest BCUT2D eigenvalue weighted by Crippen LogP contribution is 2.50. The van der Waals surface area contributed by atoms with Gasteiger partial charge in [0.1, 0.15) is 16.7 Å². The van der Waals surface area contributed by atoms with Gasteiger partial charge in [0.05, 0.1) is 19.7 Å². The van der Waals surface area contributed by atoms with Crippen molar-refractivity contribution in [2.24, 2.45) is 0 Å². The molecule has 134 valence electrons. The second kappa shape index (κ2) is 5.85. The molecule has 1 aromatic heterocycles. The topological polar surface area (TPSA) is 243 Å². The molecule has 16 heteroatoms. The van der Waals surface area contributed by atoms with Crippen molar-refractivity contribution in [2.75, 3.05) is 0 Å². The minimum Gasteiger partial charge on any atom is -0.507 e. The van der Waals surface area contributed by atoms with Crippen LogP contribution < -0.4 is 11.0 Å². The average Bonchev–Trinajstić information content (AvgIpc) is 2.61. The van der Waals surface area contributed by atoms with Gasteiger partial charge in [-0.25, -0.2) is 0 Å². The fourth-order valence-corrected chi connectivity index (χ4v) is 2.21. The number of rotatable bonds is 4. The van der Waals surface area contributed by atoms with Gasteiger partial charge in [-0.05, 0) is 0 Å². The molecule has 0 unspecified atom stereocenters. The molecule has 0 aliphatic heterocycles. The summed E-state index contributed by atoms with van der Waals surface area (Å²) in [5.74, 6) is -1.39. The number of hydrogen-bond acceptors (Lipinski definition) is 11. The largest absolute Gasteiger partial charge is 0.507 e. The fraction of sp³-hybridized carbons (Fsp3) is 0. The molecular weight excluding hydrogens is 366 g/mol. The fourth-order valence-electron chi connectivity index (χ4n) is 2.21. The molecule has 2 aromatic rings. The number of hydrogen-bond donors (Lipinski definition) is 2. The van der Waals surface area contributed by atoms with Crippen LogP contribution in [0.3, 0.4) is 0 Å². The van der Waals surface area contributed by atoms with Gasteiger partial charge in [-0.2, -0.15) is 0 Å². The van der Waals surface area contributed by atoms with E-state index in [4.69, 9.17) is 0 Å². The number of nitro benzene ring substituents is 4. The second-order valence-electron chi connectivity index (χ2n) is 4.52. The molecule has 0 saturated carbocycles. The molecule has 0 spiro atoms. The first kappa shape index (κ1) is 17.8. The molecule has 2 rings (SSSR count). The first-order chi connectivity index (χ1) is 12.0. The van der Waals surface area contributed by atoms with Crippen LogP contribution in [0.15, 0.2) is 15.7 Å². The predicted octanol–water partition coefficient (Wildman–Crippen LogP) is 0.227. The summed E-state index contributed by atoms with van der Waals surface area (Å²) in [7, 11) is 0. The van der Waals surface area contributed by atoms with E-state index in [-0.39, 0.29) is 6.07 Å². The van der Waals surface area contributed by atoms with Gasteiger partial charge in [0, 0.05) is 6.07 Å². The van der Waals surface area contributed by atoms with Crippen LogP contribution in [0.5, 0.6) is 5.75 Å². The van der Waals surface area contributed by atoms with Gasteiger partial charge in [-0.1, -0.05) is 0 Å². The Bertz CT molecular complexity index is 1150. The highest BCUT2D eigenvalue weighted by atomic mass is 16.7. The Balaban J connectivity index is 3.53. The van der Waals surface area contributed by atoms with Gasteiger partial charge in [0.2, 0.25) is 5.43 Å². The molecule has 1 heterocycles. The summed E-state index contributed by atoms with van der Waals surface area (Å²) in [6.07, 6.45) is 0. The molecule has 16 nitrogen and oxygen atoms in total. The third-order valence-corrected chi connectivity index (χ3v) is 3.11. The Hall–Kier alpha value is -4.50. The van der Waals surface area contributed by atoms with Crippen molar-refractivity contribution in [3.8, 4) is 5.75 Å². The summed E-state index contributed by atoms with van der Waals surface area (Å²) >= 11 is 0. The smallest absolute Gasteiger partial charge is 0.432 e. The molecule has 0 amide bonds. The van der Waals surface area contributed by atoms with Gasteiger partial charge in [0.25, 0.3) is 5.56 Å². The summed E-state index contributed by atoms with van der Waals surface area (Å²) in [6.45, 7) is 0. The molecular formula is C10H3N5O11. The highest BCUT2D eigenvalue weighted by Gasteiger charge is 2.48. The van der Waals surface area contributed by atoms with Crippen LogP contribution in [0, 0.1) is 40.5 Å². The van der Waals surface area contributed by atoms with E-state index < -0.39 is 70.1 Å². The predicted molar refractivity (Wildman–Crippen MR) is 79.1 cm³/mol. The molecule has 0 fully saturated rings. The molecule has 0 aliphatic rings. The minimum absolute atomic E-state index is 0.132. The van der Waals surface area contributed by atoms with E-state index in [9.17, 15) is 55.2 Å². The van der Waals surface area contributed by atoms with Crippen LogP contribution >= 0.6 is 0 Å². The lowest BCUT2D eigenvalue weighted by atomic mass is 10.1. The molecule has 26 heavy (non-hydrogen) atoms. The van der Waals surface area contributed by atoms with Crippen LogP contribution in [-0.4, -0.2) is 29.8 Å². The third kappa shape index (κ3) is 2.52. The normalized spacial score (nSPS) is 10.5. The van der Waals surface area contributed by atoms with Crippen molar-refractivity contribution in [3.63, 3.8) is 0 Å². The maximum absolute atomic E-state index is 11.6. The van der Waals surface area contributed by atoms with E-state index in [2.05, 4.69) is 0 Å². The monoisotopic (exact) mass is 369 g/mol. The van der Waals surface area contributed by atoms with Gasteiger partial charge in [0.15, 0.2) is 0 Å². The zero-order valence-electron chi connectivity index (χ0n) is 11.9. The van der Waals surface area contributed by atoms with Gasteiger partial charge < -0.3 is 10.1 Å². The maximum Gasteiger partial charge on any atom is 0.432 e. The number of H-pyrrole nitrogens is 1. The SMILES string of the molecule is O=c1cc(O)c2c([N+](=O)[O-])c([N+](=O)[O-])c([N+](=O)[O-])c([N+](=O)[O-])c2[nH]c1=O. The lowest BCUT2D eigenvalue weighted by Crippen LogP contribution is -2.22. The number of nitrogens with zero attached hydrogens (tertiary/aromatic N) is 4. The summed E-state index contributed by atoms with van der Waals surface area (Å²) in [6, 6.07) is 0.132. The molecule has 0 aliphatic carbocycles. The lowest BCUT2D eigenvalue weighted by molar-refractivity contribution is -0.450. The van der Waals surface area contributed by atoms with Crippen LogP contribution in [0.25, 0.3) is 10.9 Å². The van der Waals surface area contributed by atoms with Crippen LogP contribution in [0.4, 0.5) is 22.7 Å². The first-order valence-electron chi connectivity index (χ1n) is 6.06. The first-order valence-corrected chi connectivity index (χ1v) is 6.06. The average molecular weight is 369 g/mol. The number of aromatic hydroxyl groups is 1. The summed E-state index contributed by atoms with van der Waals surface area (Å²) in [5, 5.41) is 53.3.